The Kier molecular flexibility index (Phi) is 42.1. The predicted molar refractivity (Wildman–Crippen MR) is 421 cm³/mol. The van der Waals surface area contributed by atoms with Crippen LogP contribution in [0.15, 0.2) is 5.11 Å². The second-order valence-corrected chi connectivity index (χ2v) is 35.6. The SMILES string of the molecule is N=NCC(O)COCC(COCC(O)CN1CCN(CC(O)COCC(COCC2CO2)(COCC2CO2)COCC2CO2)CC1)(COCC(O)CN1CCN(CC(O)COCC(COCC2CO2)(COCC2CO2)COCC2CO2)CC1)COCC(O)CN1CCN(CC(O)COCC(COCC2CO2)(COCC2CO2)COCC2CO2)CC1. The highest BCUT2D eigenvalue weighted by atomic mass is 16.7. The fourth-order valence-corrected chi connectivity index (χ4v) is 14.7. The molecular formula is C80H144N8O32. The average Bonchev–Trinajstić information content (AvgIpc) is 1.53. The number of piperazine rings is 3. The molecule has 0 amide bonds. The molecule has 0 aromatic rings. The van der Waals surface area contributed by atoms with Crippen LogP contribution in [0.1, 0.15) is 0 Å². The minimum absolute atomic E-state index is 0.0450. The highest BCUT2D eigenvalue weighted by Crippen LogP contribution is 2.30. The van der Waals surface area contributed by atoms with E-state index in [1.807, 2.05) is 0 Å². The molecule has 0 radical (unpaired) electrons. The third-order valence-electron chi connectivity index (χ3n) is 22.6. The van der Waals surface area contributed by atoms with Crippen molar-refractivity contribution >= 4 is 0 Å². The van der Waals surface area contributed by atoms with Crippen LogP contribution in [0.5, 0.6) is 0 Å². The molecule has 12 aliphatic rings. The lowest BCUT2D eigenvalue weighted by molar-refractivity contribution is -0.134. The van der Waals surface area contributed by atoms with Crippen molar-refractivity contribution in [2.24, 2.45) is 26.8 Å². The summed E-state index contributed by atoms with van der Waals surface area (Å²) in [6.07, 6.45) is -5.31. The smallest absolute Gasteiger partial charge is 0.104 e. The molecule has 696 valence electrons. The number of nitrogens with zero attached hydrogens (tertiary/aromatic N) is 7. The summed E-state index contributed by atoms with van der Waals surface area (Å²) in [7, 11) is 0. The van der Waals surface area contributed by atoms with Gasteiger partial charge in [0.2, 0.25) is 0 Å². The molecule has 0 bridgehead atoms. The topological polar surface area (TPSA) is 458 Å². The summed E-state index contributed by atoms with van der Waals surface area (Å²) in [5.74, 6) is 0. The summed E-state index contributed by atoms with van der Waals surface area (Å²) in [6, 6.07) is 0. The van der Waals surface area contributed by atoms with Crippen LogP contribution in [-0.2, 0) is 118 Å². The van der Waals surface area contributed by atoms with Crippen LogP contribution in [0.4, 0.5) is 0 Å². The van der Waals surface area contributed by atoms with Crippen LogP contribution >= 0.6 is 0 Å². The van der Waals surface area contributed by atoms with Gasteiger partial charge in [0, 0.05) is 118 Å². The summed E-state index contributed by atoms with van der Waals surface area (Å²) in [4.78, 5) is 13.0. The Hall–Kier alpha value is -1.92. The Morgan fingerprint density at radius 1 is 0.225 bits per heavy atom. The van der Waals surface area contributed by atoms with E-state index < -0.39 is 64.4 Å². The highest BCUT2D eigenvalue weighted by molar-refractivity contribution is 4.89. The van der Waals surface area contributed by atoms with Gasteiger partial charge in [-0.15, -0.1) is 0 Å². The van der Waals surface area contributed by atoms with Gasteiger partial charge in [0.05, 0.1) is 342 Å². The van der Waals surface area contributed by atoms with Crippen molar-refractivity contribution in [3.8, 4) is 0 Å². The maximum atomic E-state index is 11.6. The van der Waals surface area contributed by atoms with Crippen molar-refractivity contribution in [2.45, 2.75) is 97.7 Å². The lowest BCUT2D eigenvalue weighted by Crippen LogP contribution is -2.51. The van der Waals surface area contributed by atoms with Gasteiger partial charge in [0.25, 0.3) is 0 Å². The van der Waals surface area contributed by atoms with Crippen molar-refractivity contribution < 1.29 is 154 Å². The van der Waals surface area contributed by atoms with Gasteiger partial charge in [-0.05, 0) is 0 Å². The third kappa shape index (κ3) is 40.8. The van der Waals surface area contributed by atoms with Gasteiger partial charge in [-0.25, -0.2) is 5.53 Å². The van der Waals surface area contributed by atoms with Gasteiger partial charge < -0.3 is 154 Å². The molecule has 8 N–H and O–H groups in total. The van der Waals surface area contributed by atoms with E-state index >= 15 is 0 Å². The van der Waals surface area contributed by atoms with Crippen molar-refractivity contribution in [3.63, 3.8) is 0 Å². The van der Waals surface area contributed by atoms with Crippen LogP contribution in [0.25, 0.3) is 0 Å². The number of hydrogen-bond donors (Lipinski definition) is 8. The van der Waals surface area contributed by atoms with Crippen molar-refractivity contribution in [2.75, 3.05) is 395 Å². The van der Waals surface area contributed by atoms with E-state index in [4.69, 9.17) is 124 Å². The largest absolute Gasteiger partial charge is 0.389 e. The minimum atomic E-state index is -1.10. The zero-order chi connectivity index (χ0) is 83.5. The Morgan fingerprint density at radius 2 is 0.350 bits per heavy atom. The summed E-state index contributed by atoms with van der Waals surface area (Å²) in [5.41, 5.74) is 4.39. The molecule has 0 saturated carbocycles. The lowest BCUT2D eigenvalue weighted by atomic mass is 9.92. The van der Waals surface area contributed by atoms with E-state index in [-0.39, 0.29) is 154 Å². The van der Waals surface area contributed by atoms with E-state index in [1.54, 1.807) is 0 Å². The van der Waals surface area contributed by atoms with Crippen LogP contribution in [0, 0.1) is 27.2 Å². The molecule has 16 atom stereocenters. The molecular weight excluding hydrogens is 1580 g/mol. The Bertz CT molecular complexity index is 2330. The molecule has 120 heavy (non-hydrogen) atoms. The number of β-amino-alcohol motifs (C(OH)–C–C–N with tert-alkyl or cyclic N) is 6. The second-order valence-electron chi connectivity index (χ2n) is 35.6. The van der Waals surface area contributed by atoms with Gasteiger partial charge in [-0.3, -0.25) is 29.4 Å². The summed E-state index contributed by atoms with van der Waals surface area (Å²) >= 11 is 0. The van der Waals surface area contributed by atoms with Gasteiger partial charge in [0.1, 0.15) is 54.9 Å². The van der Waals surface area contributed by atoms with E-state index in [0.29, 0.717) is 296 Å². The molecule has 40 nitrogen and oxygen atoms in total. The van der Waals surface area contributed by atoms with Gasteiger partial charge in [-0.1, -0.05) is 0 Å². The summed E-state index contributed by atoms with van der Waals surface area (Å²) in [6.45, 7) is 23.3. The fourth-order valence-electron chi connectivity index (χ4n) is 14.7. The van der Waals surface area contributed by atoms with Crippen LogP contribution in [-0.4, -0.2) is 558 Å². The number of nitrogens with one attached hydrogen (secondary N) is 1. The van der Waals surface area contributed by atoms with E-state index in [1.165, 1.54) is 0 Å². The number of ether oxygens (including phenoxy) is 25. The number of hydrogen-bond acceptors (Lipinski definition) is 40. The van der Waals surface area contributed by atoms with E-state index in [2.05, 4.69) is 34.5 Å². The van der Waals surface area contributed by atoms with Crippen LogP contribution in [0.3, 0.4) is 0 Å². The van der Waals surface area contributed by atoms with Crippen molar-refractivity contribution in [3.05, 3.63) is 0 Å². The molecule has 40 heteroatoms. The first-order chi connectivity index (χ1) is 58.5. The standard InChI is InChI=1S/C80H144N8O32/c81-82-13-61(89)20-96-45-77(46-97-21-62(90)14-83-1-7-86(8-2-83)17-65(93)24-100-49-78(52-103-27-68-36-112-68,53-104-28-69-37-113-69)54-105-29-70-38-114-70,47-98-22-63(91)15-84-3-9-87(10-4-84)18-66(94)25-101-50-79(55-106-30-71-39-115-71,56-107-31-72-40-116-72)57-108-32-73-41-117-73)48-99-23-64(92)16-85-5-11-88(12-6-85)19-67(95)26-102-51-80(58-109-33-74-42-118-74,59-110-34-75-43-119-75)60-111-35-76-44-120-76/h61-76,81,89-95H,1-60H2. The second kappa shape index (κ2) is 52.1. The molecule has 0 aromatic heterocycles. The van der Waals surface area contributed by atoms with Crippen molar-refractivity contribution in [1.29, 1.82) is 5.53 Å². The first-order valence-electron chi connectivity index (χ1n) is 43.7. The molecule has 12 saturated heterocycles. The number of aliphatic hydroxyl groups is 7. The fraction of sp³-hybridized carbons (Fsp3) is 1.00. The Balaban J connectivity index is 0.595. The molecule has 0 aliphatic carbocycles. The number of epoxide rings is 9. The quantitative estimate of drug-likeness (QED) is 0.0208. The Morgan fingerprint density at radius 3 is 0.475 bits per heavy atom. The van der Waals surface area contributed by atoms with Gasteiger partial charge in [-0.2, -0.15) is 5.11 Å². The van der Waals surface area contributed by atoms with E-state index in [9.17, 15) is 35.7 Å². The lowest BCUT2D eigenvalue weighted by Gasteiger charge is -2.38. The number of rotatable bonds is 78. The average molecular weight is 1730 g/mol. The highest BCUT2D eigenvalue weighted by Gasteiger charge is 2.42. The zero-order valence-electron chi connectivity index (χ0n) is 70.6. The summed E-state index contributed by atoms with van der Waals surface area (Å²) < 4.78 is 148. The first-order valence-corrected chi connectivity index (χ1v) is 43.7. The molecule has 12 heterocycles. The van der Waals surface area contributed by atoms with Crippen LogP contribution < -0.4 is 0 Å². The Labute approximate surface area is 706 Å². The predicted octanol–water partition coefficient (Wildman–Crippen LogP) is -5.80. The van der Waals surface area contributed by atoms with Crippen LogP contribution in [0.2, 0.25) is 0 Å². The zero-order valence-corrected chi connectivity index (χ0v) is 70.6. The monoisotopic (exact) mass is 1730 g/mol. The normalized spacial score (nSPS) is 28.9. The number of aliphatic hydroxyl groups excluding tert-OH is 7. The third-order valence-corrected chi connectivity index (χ3v) is 22.6. The molecule has 16 unspecified atom stereocenters. The summed E-state index contributed by atoms with van der Waals surface area (Å²) in [5, 5.41) is 82.8. The van der Waals surface area contributed by atoms with Gasteiger partial charge in [0.15, 0.2) is 0 Å². The maximum Gasteiger partial charge on any atom is 0.104 e. The van der Waals surface area contributed by atoms with Gasteiger partial charge >= 0.3 is 0 Å². The van der Waals surface area contributed by atoms with E-state index in [0.717, 1.165) is 0 Å². The molecule has 12 fully saturated rings. The molecule has 0 spiro atoms. The minimum Gasteiger partial charge on any atom is -0.389 e. The molecule has 12 rings (SSSR count). The first kappa shape index (κ1) is 97.1. The molecule has 0 aromatic carbocycles. The molecule has 12 aliphatic heterocycles. The van der Waals surface area contributed by atoms with Crippen molar-refractivity contribution in [1.82, 2.24) is 29.4 Å². The maximum absolute atomic E-state index is 11.6.